The van der Waals surface area contributed by atoms with Gasteiger partial charge in [0.15, 0.2) is 0 Å². The molecule has 1 heterocycles. The Bertz CT molecular complexity index is 967. The third-order valence-electron chi connectivity index (χ3n) is 5.25. The van der Waals surface area contributed by atoms with Crippen LogP contribution in [0.25, 0.3) is 22.6 Å². The molecular weight excluding hydrogens is 280 g/mol. The topological polar surface area (TPSA) is 13.1 Å². The van der Waals surface area contributed by atoms with Crippen molar-refractivity contribution in [2.45, 2.75) is 26.2 Å². The zero-order chi connectivity index (χ0) is 16.2. The highest BCUT2D eigenvalue weighted by molar-refractivity contribution is 5.98. The molecule has 0 unspecified atom stereocenters. The van der Waals surface area contributed by atoms with Gasteiger partial charge in [0, 0.05) is 21.9 Å². The molecule has 1 aromatic heterocycles. The molecule has 114 valence electrons. The third kappa shape index (κ3) is 1.80. The average Bonchev–Trinajstić information content (AvgIpc) is 3.01. The van der Waals surface area contributed by atoms with Crippen LogP contribution in [-0.2, 0) is 5.41 Å². The predicted molar refractivity (Wildman–Crippen MR) is 97.5 cm³/mol. The maximum absolute atomic E-state index is 6.27. The van der Waals surface area contributed by atoms with E-state index in [0.29, 0.717) is 0 Å². The standard InChI is InChI=1S/C22H20O/c1-5-15-16-10-7-9-13-19(16)23-21(15)20-14(2)22(3,4)18-12-8-6-11-17(18)20/h5-13H,1H2,2-4H3. The zero-order valence-corrected chi connectivity index (χ0v) is 13.8. The van der Waals surface area contributed by atoms with Gasteiger partial charge in [-0.1, -0.05) is 74.5 Å². The summed E-state index contributed by atoms with van der Waals surface area (Å²) in [7, 11) is 0. The van der Waals surface area contributed by atoms with Crippen molar-refractivity contribution >= 4 is 22.6 Å². The Kier molecular flexibility index (Phi) is 2.89. The lowest BCUT2D eigenvalue weighted by atomic mass is 9.82. The monoisotopic (exact) mass is 300 g/mol. The Morgan fingerprint density at radius 1 is 1.00 bits per heavy atom. The summed E-state index contributed by atoms with van der Waals surface area (Å²) in [4.78, 5) is 0. The molecule has 1 nitrogen and oxygen atoms in total. The number of para-hydroxylation sites is 1. The minimum absolute atomic E-state index is 0.0172. The summed E-state index contributed by atoms with van der Waals surface area (Å²) in [6, 6.07) is 16.8. The van der Waals surface area contributed by atoms with Crippen LogP contribution in [0.15, 0.2) is 65.1 Å². The normalized spacial score (nSPS) is 16.0. The van der Waals surface area contributed by atoms with Gasteiger partial charge in [0.05, 0.1) is 0 Å². The molecule has 1 heteroatoms. The van der Waals surface area contributed by atoms with E-state index < -0.39 is 0 Å². The molecule has 4 rings (SSSR count). The van der Waals surface area contributed by atoms with E-state index in [4.69, 9.17) is 4.42 Å². The van der Waals surface area contributed by atoms with Gasteiger partial charge in [-0.15, -0.1) is 0 Å². The molecule has 0 saturated heterocycles. The summed E-state index contributed by atoms with van der Waals surface area (Å²) < 4.78 is 6.27. The van der Waals surface area contributed by atoms with Gasteiger partial charge >= 0.3 is 0 Å². The molecule has 0 atom stereocenters. The molecule has 23 heavy (non-hydrogen) atoms. The van der Waals surface area contributed by atoms with Crippen molar-refractivity contribution in [3.05, 3.63) is 83.1 Å². The summed E-state index contributed by atoms with van der Waals surface area (Å²) in [6.45, 7) is 10.8. The molecule has 1 aliphatic carbocycles. The molecule has 0 aliphatic heterocycles. The van der Waals surface area contributed by atoms with Crippen LogP contribution in [0.2, 0.25) is 0 Å². The first-order chi connectivity index (χ1) is 11.1. The molecule has 0 spiro atoms. The number of allylic oxidation sites excluding steroid dienone is 1. The Hall–Kier alpha value is -2.54. The maximum atomic E-state index is 6.27. The van der Waals surface area contributed by atoms with E-state index >= 15 is 0 Å². The van der Waals surface area contributed by atoms with Gasteiger partial charge in [-0.25, -0.2) is 0 Å². The highest BCUT2D eigenvalue weighted by Crippen LogP contribution is 2.50. The van der Waals surface area contributed by atoms with Gasteiger partial charge < -0.3 is 4.42 Å². The second kappa shape index (κ2) is 4.73. The molecule has 0 radical (unpaired) electrons. The maximum Gasteiger partial charge on any atom is 0.143 e. The van der Waals surface area contributed by atoms with Gasteiger partial charge in [0.2, 0.25) is 0 Å². The highest BCUT2D eigenvalue weighted by Gasteiger charge is 2.37. The van der Waals surface area contributed by atoms with Crippen LogP contribution in [0.5, 0.6) is 0 Å². The summed E-state index contributed by atoms with van der Waals surface area (Å²) >= 11 is 0. The molecule has 0 bridgehead atoms. The summed E-state index contributed by atoms with van der Waals surface area (Å²) in [6.07, 6.45) is 1.91. The molecular formula is C22H20O. The van der Waals surface area contributed by atoms with Crippen molar-refractivity contribution in [1.29, 1.82) is 0 Å². The fraction of sp³-hybridized carbons (Fsp3) is 0.182. The van der Waals surface area contributed by atoms with Gasteiger partial charge in [-0.2, -0.15) is 0 Å². The van der Waals surface area contributed by atoms with E-state index in [1.54, 1.807) is 0 Å². The van der Waals surface area contributed by atoms with Crippen molar-refractivity contribution in [3.63, 3.8) is 0 Å². The molecule has 2 aromatic carbocycles. The lowest BCUT2D eigenvalue weighted by molar-refractivity contribution is 0.596. The predicted octanol–water partition coefficient (Wildman–Crippen LogP) is 6.19. The zero-order valence-electron chi connectivity index (χ0n) is 13.8. The van der Waals surface area contributed by atoms with Crippen LogP contribution < -0.4 is 0 Å². The SMILES string of the molecule is C=Cc1c(C2=C(C)C(C)(C)c3ccccc32)oc2ccccc12. The molecule has 0 N–H and O–H groups in total. The van der Waals surface area contributed by atoms with Crippen molar-refractivity contribution < 1.29 is 4.42 Å². The second-order valence-corrected chi connectivity index (χ2v) is 6.72. The van der Waals surface area contributed by atoms with Gasteiger partial charge in [0.25, 0.3) is 0 Å². The molecule has 1 aliphatic rings. The van der Waals surface area contributed by atoms with Crippen LogP contribution in [0.1, 0.15) is 43.2 Å². The average molecular weight is 300 g/mol. The van der Waals surface area contributed by atoms with Crippen molar-refractivity contribution in [1.82, 2.24) is 0 Å². The van der Waals surface area contributed by atoms with Crippen LogP contribution >= 0.6 is 0 Å². The number of rotatable bonds is 2. The minimum atomic E-state index is 0.0172. The second-order valence-electron chi connectivity index (χ2n) is 6.72. The molecule has 0 amide bonds. The number of hydrogen-bond acceptors (Lipinski definition) is 1. The highest BCUT2D eigenvalue weighted by atomic mass is 16.3. The van der Waals surface area contributed by atoms with Gasteiger partial charge in [-0.05, 0) is 24.1 Å². The van der Waals surface area contributed by atoms with E-state index in [9.17, 15) is 0 Å². The number of benzene rings is 2. The Labute approximate surface area is 136 Å². The van der Waals surface area contributed by atoms with E-state index in [2.05, 4.69) is 57.7 Å². The first-order valence-corrected chi connectivity index (χ1v) is 8.01. The van der Waals surface area contributed by atoms with E-state index in [1.807, 2.05) is 24.3 Å². The van der Waals surface area contributed by atoms with Crippen LogP contribution in [0.3, 0.4) is 0 Å². The fourth-order valence-corrected chi connectivity index (χ4v) is 3.71. The molecule has 0 fully saturated rings. The van der Waals surface area contributed by atoms with Crippen molar-refractivity contribution in [2.75, 3.05) is 0 Å². The summed E-state index contributed by atoms with van der Waals surface area (Å²) in [5.74, 6) is 0.941. The lowest BCUT2D eigenvalue weighted by Crippen LogP contribution is -2.15. The van der Waals surface area contributed by atoms with Crippen LogP contribution in [0, 0.1) is 0 Å². The quantitative estimate of drug-likeness (QED) is 0.550. The molecule has 0 saturated carbocycles. The van der Waals surface area contributed by atoms with Crippen LogP contribution in [0.4, 0.5) is 0 Å². The fourth-order valence-electron chi connectivity index (χ4n) is 3.71. The third-order valence-corrected chi connectivity index (χ3v) is 5.25. The Balaban J connectivity index is 2.09. The number of furan rings is 1. The summed E-state index contributed by atoms with van der Waals surface area (Å²) in [5.41, 5.74) is 7.23. The summed E-state index contributed by atoms with van der Waals surface area (Å²) in [5, 5.41) is 1.12. The lowest BCUT2D eigenvalue weighted by Gasteiger charge is -2.21. The first-order valence-electron chi connectivity index (χ1n) is 8.01. The number of fused-ring (bicyclic) bond motifs is 2. The number of hydrogen-bond donors (Lipinski definition) is 0. The Morgan fingerprint density at radius 2 is 1.70 bits per heavy atom. The largest absolute Gasteiger partial charge is 0.455 e. The smallest absolute Gasteiger partial charge is 0.143 e. The Morgan fingerprint density at radius 3 is 2.48 bits per heavy atom. The van der Waals surface area contributed by atoms with Gasteiger partial charge in [0.1, 0.15) is 11.3 Å². The van der Waals surface area contributed by atoms with E-state index in [0.717, 1.165) is 22.3 Å². The van der Waals surface area contributed by atoms with Crippen molar-refractivity contribution in [3.8, 4) is 0 Å². The van der Waals surface area contributed by atoms with Crippen LogP contribution in [-0.4, -0.2) is 0 Å². The van der Waals surface area contributed by atoms with Crippen molar-refractivity contribution in [2.24, 2.45) is 0 Å². The first kappa shape index (κ1) is 14.1. The molecule has 3 aromatic rings. The minimum Gasteiger partial charge on any atom is -0.455 e. The van der Waals surface area contributed by atoms with E-state index in [1.165, 1.54) is 22.3 Å². The van der Waals surface area contributed by atoms with Gasteiger partial charge in [-0.3, -0.25) is 0 Å². The van der Waals surface area contributed by atoms with E-state index in [-0.39, 0.29) is 5.41 Å².